The van der Waals surface area contributed by atoms with Gasteiger partial charge in [-0.05, 0) is 131 Å². The molecular formula is C62H26Br4N2S12. The van der Waals surface area contributed by atoms with Gasteiger partial charge in [-0.2, -0.15) is 0 Å². The summed E-state index contributed by atoms with van der Waals surface area (Å²) in [4.78, 5) is 0. The third-order valence-electron chi connectivity index (χ3n) is 15.4. The Bertz CT molecular complexity index is 6110. The van der Waals surface area contributed by atoms with E-state index in [-0.39, 0.29) is 0 Å². The van der Waals surface area contributed by atoms with Crippen LogP contribution in [0.3, 0.4) is 0 Å². The van der Waals surface area contributed by atoms with Crippen LogP contribution in [0.2, 0.25) is 0 Å². The van der Waals surface area contributed by atoms with Crippen molar-refractivity contribution in [1.29, 1.82) is 0 Å². The van der Waals surface area contributed by atoms with Crippen LogP contribution < -0.4 is 0 Å². The molecule has 0 spiro atoms. The average molecular weight is 1500 g/mol. The minimum Gasteiger partial charge on any atom is -0.306 e. The highest BCUT2D eigenvalue weighted by Crippen LogP contribution is 2.58. The fourth-order valence-electron chi connectivity index (χ4n) is 11.9. The maximum absolute atomic E-state index is 3.77. The summed E-state index contributed by atoms with van der Waals surface area (Å²) in [5, 5.41) is 8.31. The maximum Gasteiger partial charge on any atom is 0.0838 e. The molecule has 0 fully saturated rings. The van der Waals surface area contributed by atoms with Crippen molar-refractivity contribution in [2.24, 2.45) is 0 Å². The fourth-order valence-corrected chi connectivity index (χ4v) is 30.5. The number of aromatic nitrogens is 2. The Hall–Kier alpha value is -3.64. The number of aryl methyl sites for hydroxylation is 2. The number of rotatable bonds is 2. The van der Waals surface area contributed by atoms with Crippen molar-refractivity contribution in [1.82, 2.24) is 9.13 Å². The molecule has 80 heavy (non-hydrogen) atoms. The van der Waals surface area contributed by atoms with Gasteiger partial charge in [-0.25, -0.2) is 0 Å². The first-order valence-electron chi connectivity index (χ1n) is 25.1. The van der Waals surface area contributed by atoms with Gasteiger partial charge in [-0.1, -0.05) is 79.4 Å². The zero-order chi connectivity index (χ0) is 52.9. The molecule has 0 aliphatic rings. The molecule has 0 saturated carbocycles. The van der Waals surface area contributed by atoms with Gasteiger partial charge in [0, 0.05) is 85.5 Å². The zero-order valence-corrected chi connectivity index (χ0v) is 57.0. The number of fused-ring (bicyclic) bond motifs is 28. The Morgan fingerprint density at radius 3 is 1.25 bits per heavy atom. The molecule has 20 aromatic rings. The Morgan fingerprint density at radius 2 is 0.637 bits per heavy atom. The summed E-state index contributed by atoms with van der Waals surface area (Å²) in [6, 6.07) is 45.8. The van der Waals surface area contributed by atoms with Crippen LogP contribution in [0.4, 0.5) is 0 Å². The van der Waals surface area contributed by atoms with Gasteiger partial charge >= 0.3 is 0 Å². The number of nitrogens with zero attached hydrogens (tertiary/aromatic N) is 2. The van der Waals surface area contributed by atoms with Crippen LogP contribution >= 0.6 is 200 Å². The summed E-state index contributed by atoms with van der Waals surface area (Å²) in [6.07, 6.45) is 0. The molecule has 2 nitrogen and oxygen atoms in total. The third kappa shape index (κ3) is 6.81. The molecule has 0 amide bonds. The van der Waals surface area contributed by atoms with Crippen molar-refractivity contribution in [3.8, 4) is 11.4 Å². The molecule has 20 rings (SSSR count). The lowest BCUT2D eigenvalue weighted by Gasteiger charge is -2.07. The molecule has 0 atom stereocenters. The predicted octanol–water partition coefficient (Wildman–Crippen LogP) is 27.8. The van der Waals surface area contributed by atoms with Gasteiger partial charge in [0.1, 0.15) is 0 Å². The number of hydrogen-bond donors (Lipinski definition) is 0. The predicted molar refractivity (Wildman–Crippen MR) is 386 cm³/mol. The molecule has 0 N–H and O–H groups in total. The molecule has 14 heterocycles. The van der Waals surface area contributed by atoms with E-state index in [0.29, 0.717) is 0 Å². The van der Waals surface area contributed by atoms with Crippen LogP contribution in [0, 0.1) is 13.8 Å². The lowest BCUT2D eigenvalue weighted by atomic mass is 10.2. The van der Waals surface area contributed by atoms with Gasteiger partial charge in [-0.15, -0.1) is 136 Å². The van der Waals surface area contributed by atoms with Crippen molar-refractivity contribution >= 4 is 358 Å². The minimum atomic E-state index is 1.13. The molecule has 384 valence electrons. The first kappa shape index (κ1) is 48.7. The average Bonchev–Trinajstić information content (AvgIpc) is 4.34. The van der Waals surface area contributed by atoms with E-state index in [1.54, 1.807) is 0 Å². The van der Waals surface area contributed by atoms with Gasteiger partial charge in [-0.3, -0.25) is 0 Å². The molecule has 6 aromatic carbocycles. The van der Waals surface area contributed by atoms with Crippen LogP contribution in [-0.4, -0.2) is 9.13 Å². The van der Waals surface area contributed by atoms with E-state index in [4.69, 9.17) is 0 Å². The maximum atomic E-state index is 3.77. The van der Waals surface area contributed by atoms with Crippen molar-refractivity contribution in [3.63, 3.8) is 0 Å². The summed E-state index contributed by atoms with van der Waals surface area (Å²) in [5.41, 5.74) is 10.4. The standard InChI is InChI=1S/C33H15Br2NS5.C29H11Br2NS7/c1-14-2-6-17(7-3-14)36-26-18-8-4-15(34)10-22(18)39-31(26)33-27(36)32-30(41-33)21-13-24-20(12-25(21)40-32)29-28(38-24)19-9-5-16(35)11-23(19)37-29;1-10-2-4-11(5-3-10)32-14-8-18(30)36-23(14)26-20(32)25-21(38-26)12-6-16-13(7-15(12)33-25)22-27(34-16)29-28(39-22)24-17(35-29)9-19(31)37-24/h2-13H,1H3;2-9H,1H3. The Kier molecular flexibility index (Phi) is 10.6. The monoisotopic (exact) mass is 1500 g/mol. The van der Waals surface area contributed by atoms with Crippen molar-refractivity contribution in [2.45, 2.75) is 13.8 Å². The normalized spacial score (nSPS) is 12.9. The summed E-state index contributed by atoms with van der Waals surface area (Å²) >= 11 is 38.1. The van der Waals surface area contributed by atoms with Crippen LogP contribution in [0.5, 0.6) is 0 Å². The molecule has 14 aromatic heterocycles. The summed E-state index contributed by atoms with van der Waals surface area (Å²) in [6.45, 7) is 4.32. The van der Waals surface area contributed by atoms with E-state index in [1.807, 2.05) is 136 Å². The largest absolute Gasteiger partial charge is 0.306 e. The number of hydrogen-bond acceptors (Lipinski definition) is 12. The van der Waals surface area contributed by atoms with E-state index in [0.717, 1.165) is 8.95 Å². The smallest absolute Gasteiger partial charge is 0.0838 e. The second-order valence-electron chi connectivity index (χ2n) is 20.2. The van der Waals surface area contributed by atoms with Gasteiger partial charge in [0.25, 0.3) is 0 Å². The van der Waals surface area contributed by atoms with Gasteiger partial charge in [0.2, 0.25) is 0 Å². The van der Waals surface area contributed by atoms with Crippen LogP contribution in [0.1, 0.15) is 11.1 Å². The van der Waals surface area contributed by atoms with E-state index >= 15 is 0 Å². The topological polar surface area (TPSA) is 9.86 Å². The highest BCUT2D eigenvalue weighted by Gasteiger charge is 2.27. The molecule has 18 heteroatoms. The van der Waals surface area contributed by atoms with E-state index in [2.05, 4.69) is 208 Å². The molecule has 0 unspecified atom stereocenters. The van der Waals surface area contributed by atoms with Crippen LogP contribution in [0.25, 0.3) is 169 Å². The third-order valence-corrected chi connectivity index (χ3v) is 32.9. The Morgan fingerprint density at radius 1 is 0.263 bits per heavy atom. The molecule has 0 bridgehead atoms. The van der Waals surface area contributed by atoms with Gasteiger partial charge in [0.05, 0.1) is 100 Å². The molecule has 0 aliphatic carbocycles. The zero-order valence-electron chi connectivity index (χ0n) is 40.9. The molecule has 0 saturated heterocycles. The lowest BCUT2D eigenvalue weighted by molar-refractivity contribution is 1.18. The summed E-state index contributed by atoms with van der Waals surface area (Å²) < 4.78 is 40.8. The molecule has 0 aliphatic heterocycles. The second-order valence-corrected chi connectivity index (χ2v) is 37.3. The van der Waals surface area contributed by atoms with Crippen LogP contribution in [-0.2, 0) is 0 Å². The van der Waals surface area contributed by atoms with Crippen molar-refractivity contribution in [2.75, 3.05) is 0 Å². The summed E-state index contributed by atoms with van der Waals surface area (Å²) in [5.74, 6) is 0. The fraction of sp³-hybridized carbons (Fsp3) is 0.0323. The van der Waals surface area contributed by atoms with Crippen molar-refractivity contribution in [3.05, 3.63) is 149 Å². The Balaban J connectivity index is 0.000000120. The first-order valence-corrected chi connectivity index (χ1v) is 38.0. The SMILES string of the molecule is Cc1ccc(-n2c3c4ccc(Br)cc4sc3c3sc4c5cc6sc7c8ccc(Br)cc8sc7c6cc5sc4c32)cc1.Cc1ccc(-n2c3cc(Br)sc3c3sc4c5cc6sc7c(sc8c9sc(Br)cc9sc87)c6cc5sc4c32)cc1. The summed E-state index contributed by atoms with van der Waals surface area (Å²) in [7, 11) is 0. The number of halogens is 4. The molecule has 0 radical (unpaired) electrons. The van der Waals surface area contributed by atoms with Gasteiger partial charge < -0.3 is 9.13 Å². The highest BCUT2D eigenvalue weighted by atomic mass is 79.9. The lowest BCUT2D eigenvalue weighted by Crippen LogP contribution is -1.93. The second kappa shape index (κ2) is 17.5. The van der Waals surface area contributed by atoms with E-state index < -0.39 is 0 Å². The minimum absolute atomic E-state index is 1.13. The van der Waals surface area contributed by atoms with Crippen molar-refractivity contribution < 1.29 is 0 Å². The van der Waals surface area contributed by atoms with E-state index in [1.165, 1.54) is 188 Å². The quantitative estimate of drug-likeness (QED) is 0.163. The number of thiophene rings is 12. The highest BCUT2D eigenvalue weighted by molar-refractivity contribution is 9.11. The van der Waals surface area contributed by atoms with Crippen LogP contribution in [0.15, 0.2) is 138 Å². The first-order chi connectivity index (χ1) is 39.0. The van der Waals surface area contributed by atoms with E-state index in [9.17, 15) is 0 Å². The van der Waals surface area contributed by atoms with Gasteiger partial charge in [0.15, 0.2) is 0 Å². The Labute approximate surface area is 533 Å². The molecular weight excluding hydrogens is 1480 g/mol. The number of benzene rings is 6.